The summed E-state index contributed by atoms with van der Waals surface area (Å²) in [6.07, 6.45) is 7.46. The Balaban J connectivity index is 0.00000205. The molecule has 4 heterocycles. The van der Waals surface area contributed by atoms with Crippen molar-refractivity contribution >= 4 is 63.8 Å². The number of pyridine rings is 1. The van der Waals surface area contributed by atoms with E-state index in [9.17, 15) is 4.79 Å². The molecule has 0 spiro atoms. The number of carbonyl (C=O) groups is 1. The molecule has 6 nitrogen and oxygen atoms in total. The van der Waals surface area contributed by atoms with Gasteiger partial charge in [-0.1, -0.05) is 11.6 Å². The van der Waals surface area contributed by atoms with E-state index in [0.717, 1.165) is 54.2 Å². The van der Waals surface area contributed by atoms with Crippen molar-refractivity contribution in [3.05, 3.63) is 39.8 Å². The molecule has 1 aliphatic carbocycles. The minimum absolute atomic E-state index is 0. The van der Waals surface area contributed by atoms with Crippen molar-refractivity contribution in [2.45, 2.75) is 31.7 Å². The molecule has 152 valence electrons. The van der Waals surface area contributed by atoms with Crippen molar-refractivity contribution in [3.8, 4) is 0 Å². The Morgan fingerprint density at radius 2 is 1.97 bits per heavy atom. The highest BCUT2D eigenvalue weighted by Crippen LogP contribution is 2.33. The molecule has 0 amide bonds. The van der Waals surface area contributed by atoms with Crippen LogP contribution in [0.3, 0.4) is 0 Å². The molecule has 1 aliphatic heterocycles. The number of hydrogen-bond acceptors (Lipinski definition) is 7. The minimum atomic E-state index is 0. The highest BCUT2D eigenvalue weighted by molar-refractivity contribution is 7.14. The highest BCUT2D eigenvalue weighted by Gasteiger charge is 2.30. The predicted octanol–water partition coefficient (Wildman–Crippen LogP) is 4.84. The van der Waals surface area contributed by atoms with Crippen LogP contribution in [0.4, 0.5) is 11.6 Å². The Labute approximate surface area is 184 Å². The van der Waals surface area contributed by atoms with Crippen LogP contribution in [0, 0.1) is 5.92 Å². The number of ketones is 1. The van der Waals surface area contributed by atoms with Crippen LogP contribution in [0.25, 0.3) is 11.0 Å². The van der Waals surface area contributed by atoms with E-state index in [1.54, 1.807) is 18.5 Å². The summed E-state index contributed by atoms with van der Waals surface area (Å²) < 4.78 is 0.664. The zero-order valence-corrected chi connectivity index (χ0v) is 18.1. The number of rotatable bonds is 5. The number of nitrogens with one attached hydrogen (secondary N) is 1. The van der Waals surface area contributed by atoms with Crippen LogP contribution in [0.15, 0.2) is 29.9 Å². The van der Waals surface area contributed by atoms with Crippen molar-refractivity contribution in [2.24, 2.45) is 5.92 Å². The first-order valence-corrected chi connectivity index (χ1v) is 10.8. The second kappa shape index (κ2) is 8.42. The van der Waals surface area contributed by atoms with Gasteiger partial charge in [-0.25, -0.2) is 9.97 Å². The van der Waals surface area contributed by atoms with Gasteiger partial charge in [-0.3, -0.25) is 9.78 Å². The SMILES string of the molecule is Cl.O=C(c1csc(Cl)c1)C1CCN(c2nc3cnccc3nc2NC2CC2)CC1. The van der Waals surface area contributed by atoms with Gasteiger partial charge in [0.05, 0.1) is 16.0 Å². The summed E-state index contributed by atoms with van der Waals surface area (Å²) in [7, 11) is 0. The van der Waals surface area contributed by atoms with E-state index in [-0.39, 0.29) is 24.1 Å². The maximum Gasteiger partial charge on any atom is 0.172 e. The summed E-state index contributed by atoms with van der Waals surface area (Å²) >= 11 is 7.40. The van der Waals surface area contributed by atoms with Gasteiger partial charge >= 0.3 is 0 Å². The Hall–Kier alpha value is -1.96. The average Bonchev–Trinajstić information content (AvgIpc) is 3.44. The molecule has 0 bridgehead atoms. The number of halogens is 2. The van der Waals surface area contributed by atoms with E-state index in [2.05, 4.69) is 15.2 Å². The predicted molar refractivity (Wildman–Crippen MR) is 120 cm³/mol. The fourth-order valence-corrected chi connectivity index (χ4v) is 4.53. The lowest BCUT2D eigenvalue weighted by molar-refractivity contribution is 0.0901. The lowest BCUT2D eigenvalue weighted by atomic mass is 9.90. The summed E-state index contributed by atoms with van der Waals surface area (Å²) in [5.74, 6) is 1.96. The standard InChI is InChI=1S/C20H20ClN5OS.ClH/c21-17-9-13(11-28-17)18(27)12-4-7-26(8-5-12)20-19(23-14-1-2-14)24-15-3-6-22-10-16(15)25-20;/h3,6,9-12,14H,1-2,4-5,7-8H2,(H,23,24);1H. The van der Waals surface area contributed by atoms with Gasteiger partial charge in [-0.15, -0.1) is 23.7 Å². The van der Waals surface area contributed by atoms with Crippen LogP contribution in [0.5, 0.6) is 0 Å². The number of carbonyl (C=O) groups excluding carboxylic acids is 1. The van der Waals surface area contributed by atoms with Gasteiger partial charge in [0.25, 0.3) is 0 Å². The van der Waals surface area contributed by atoms with E-state index in [1.807, 2.05) is 11.4 Å². The summed E-state index contributed by atoms with van der Waals surface area (Å²) in [5, 5.41) is 5.38. The second-order valence-electron chi connectivity index (χ2n) is 7.44. The molecule has 1 saturated carbocycles. The molecule has 3 aromatic heterocycles. The van der Waals surface area contributed by atoms with Crippen molar-refractivity contribution in [1.29, 1.82) is 0 Å². The van der Waals surface area contributed by atoms with E-state index < -0.39 is 0 Å². The molecule has 1 N–H and O–H groups in total. The number of thiophene rings is 1. The summed E-state index contributed by atoms with van der Waals surface area (Å²) in [4.78, 5) is 28.8. The van der Waals surface area contributed by atoms with Crippen molar-refractivity contribution in [3.63, 3.8) is 0 Å². The third kappa shape index (κ3) is 4.32. The summed E-state index contributed by atoms with van der Waals surface area (Å²) in [5.41, 5.74) is 2.38. The van der Waals surface area contributed by atoms with Crippen LogP contribution >= 0.6 is 35.3 Å². The number of piperidine rings is 1. The van der Waals surface area contributed by atoms with Crippen molar-refractivity contribution < 1.29 is 4.79 Å². The Morgan fingerprint density at radius 3 is 2.66 bits per heavy atom. The molecule has 0 unspecified atom stereocenters. The number of hydrogen-bond donors (Lipinski definition) is 1. The maximum atomic E-state index is 12.7. The quantitative estimate of drug-likeness (QED) is 0.562. The molecule has 0 atom stereocenters. The maximum absolute atomic E-state index is 12.7. The molecule has 0 radical (unpaired) electrons. The van der Waals surface area contributed by atoms with Gasteiger partial charge < -0.3 is 10.2 Å². The average molecular weight is 450 g/mol. The fraction of sp³-hybridized carbons (Fsp3) is 0.400. The Bertz CT molecular complexity index is 1030. The first kappa shape index (κ1) is 20.3. The molecule has 2 fully saturated rings. The largest absolute Gasteiger partial charge is 0.364 e. The second-order valence-corrected chi connectivity index (χ2v) is 8.99. The van der Waals surface area contributed by atoms with Crippen LogP contribution in [-0.2, 0) is 0 Å². The summed E-state index contributed by atoms with van der Waals surface area (Å²) in [6, 6.07) is 4.16. The number of aromatic nitrogens is 3. The molecule has 9 heteroatoms. The topological polar surface area (TPSA) is 71.0 Å². The lowest BCUT2D eigenvalue weighted by Gasteiger charge is -2.33. The van der Waals surface area contributed by atoms with Crippen molar-refractivity contribution in [1.82, 2.24) is 15.0 Å². The van der Waals surface area contributed by atoms with E-state index in [0.29, 0.717) is 10.4 Å². The molecule has 1 saturated heterocycles. The zero-order valence-electron chi connectivity index (χ0n) is 15.7. The van der Waals surface area contributed by atoms with Crippen molar-refractivity contribution in [2.75, 3.05) is 23.3 Å². The third-order valence-electron chi connectivity index (χ3n) is 5.38. The third-order valence-corrected chi connectivity index (χ3v) is 6.47. The molecule has 3 aromatic rings. The van der Waals surface area contributed by atoms with E-state index >= 15 is 0 Å². The number of fused-ring (bicyclic) bond motifs is 1. The molecule has 5 rings (SSSR count). The molecular formula is C20H21Cl2N5OS. The van der Waals surface area contributed by atoms with E-state index in [4.69, 9.17) is 21.6 Å². The fourth-order valence-electron chi connectivity index (χ4n) is 3.66. The number of Topliss-reactive ketones (excluding diaryl/α,β-unsaturated/α-hetero) is 1. The molecule has 29 heavy (non-hydrogen) atoms. The van der Waals surface area contributed by atoms with Gasteiger partial charge in [-0.2, -0.15) is 0 Å². The first-order chi connectivity index (χ1) is 13.7. The molecular weight excluding hydrogens is 429 g/mol. The van der Waals surface area contributed by atoms with Gasteiger partial charge in [0.1, 0.15) is 5.52 Å². The number of anilines is 2. The van der Waals surface area contributed by atoms with Gasteiger partial charge in [-0.05, 0) is 37.8 Å². The molecule has 0 aromatic carbocycles. The smallest absolute Gasteiger partial charge is 0.172 e. The van der Waals surface area contributed by atoms with Crippen LogP contribution in [0.1, 0.15) is 36.0 Å². The van der Waals surface area contributed by atoms with E-state index in [1.165, 1.54) is 24.2 Å². The van der Waals surface area contributed by atoms with Gasteiger partial charge in [0.15, 0.2) is 17.4 Å². The zero-order chi connectivity index (χ0) is 19.1. The van der Waals surface area contributed by atoms with Crippen LogP contribution < -0.4 is 10.2 Å². The number of nitrogens with zero attached hydrogens (tertiary/aromatic N) is 4. The lowest BCUT2D eigenvalue weighted by Crippen LogP contribution is -2.37. The van der Waals surface area contributed by atoms with Gasteiger partial charge in [0, 0.05) is 42.2 Å². The Kier molecular flexibility index (Phi) is 5.90. The minimum Gasteiger partial charge on any atom is -0.364 e. The summed E-state index contributed by atoms with van der Waals surface area (Å²) in [6.45, 7) is 1.57. The van der Waals surface area contributed by atoms with Crippen LogP contribution in [0.2, 0.25) is 4.34 Å². The Morgan fingerprint density at radius 1 is 1.17 bits per heavy atom. The highest BCUT2D eigenvalue weighted by atomic mass is 35.5. The molecule has 2 aliphatic rings. The monoisotopic (exact) mass is 449 g/mol. The normalized spacial score (nSPS) is 17.2. The van der Waals surface area contributed by atoms with Crippen LogP contribution in [-0.4, -0.2) is 39.9 Å². The van der Waals surface area contributed by atoms with Gasteiger partial charge in [0.2, 0.25) is 0 Å². The first-order valence-electron chi connectivity index (χ1n) is 9.59.